The van der Waals surface area contributed by atoms with Gasteiger partial charge in [-0.05, 0) is 44.6 Å². The molecule has 3 rings (SSSR count). The van der Waals surface area contributed by atoms with Crippen LogP contribution in [0.4, 0.5) is 0 Å². The summed E-state index contributed by atoms with van der Waals surface area (Å²) in [6.07, 6.45) is 5.69. The Labute approximate surface area is 162 Å². The van der Waals surface area contributed by atoms with Crippen LogP contribution < -0.4 is 5.73 Å². The van der Waals surface area contributed by atoms with Gasteiger partial charge in [0.05, 0.1) is 18.8 Å². The molecule has 2 aliphatic rings. The van der Waals surface area contributed by atoms with E-state index in [0.29, 0.717) is 19.7 Å². The zero-order valence-corrected chi connectivity index (χ0v) is 16.4. The Bertz CT molecular complexity index is 553. The zero-order valence-electron chi connectivity index (χ0n) is 15.6. The fourth-order valence-electron chi connectivity index (χ4n) is 3.64. The number of halogens is 1. The molecule has 0 aromatic heterocycles. The molecule has 2 atom stereocenters. The molecule has 146 valence electrons. The van der Waals surface area contributed by atoms with Crippen molar-refractivity contribution < 1.29 is 14.3 Å². The minimum Gasteiger partial charge on any atom is -0.376 e. The van der Waals surface area contributed by atoms with Crippen LogP contribution in [0, 0.1) is 0 Å². The molecule has 0 radical (unpaired) electrons. The van der Waals surface area contributed by atoms with Crippen molar-refractivity contribution >= 4 is 18.3 Å². The number of amides is 1. The van der Waals surface area contributed by atoms with Crippen molar-refractivity contribution in [2.45, 2.75) is 56.8 Å². The van der Waals surface area contributed by atoms with E-state index in [0.717, 1.165) is 37.9 Å². The molecule has 1 aromatic carbocycles. The summed E-state index contributed by atoms with van der Waals surface area (Å²) >= 11 is 0. The second kappa shape index (κ2) is 9.70. The van der Waals surface area contributed by atoms with Gasteiger partial charge in [0.2, 0.25) is 5.91 Å². The third kappa shape index (κ3) is 5.19. The number of carbonyl (C=O) groups is 1. The van der Waals surface area contributed by atoms with E-state index < -0.39 is 5.54 Å². The molecule has 2 heterocycles. The number of carbonyl (C=O) groups excluding carboxylic acids is 1. The van der Waals surface area contributed by atoms with E-state index >= 15 is 0 Å². The molecular weight excluding hydrogens is 352 g/mol. The van der Waals surface area contributed by atoms with Crippen LogP contribution in [0.25, 0.3) is 0 Å². The molecule has 2 unspecified atom stereocenters. The quantitative estimate of drug-likeness (QED) is 0.850. The average Bonchev–Trinajstić information content (AvgIpc) is 2.68. The highest BCUT2D eigenvalue weighted by atomic mass is 35.5. The highest BCUT2D eigenvalue weighted by molar-refractivity contribution is 5.87. The molecule has 0 spiro atoms. The summed E-state index contributed by atoms with van der Waals surface area (Å²) in [5.41, 5.74) is 6.24. The van der Waals surface area contributed by atoms with Crippen LogP contribution in [0.5, 0.6) is 0 Å². The van der Waals surface area contributed by atoms with Crippen molar-refractivity contribution in [3.63, 3.8) is 0 Å². The molecule has 26 heavy (non-hydrogen) atoms. The number of nitrogens with two attached hydrogens (primary N) is 1. The molecule has 0 bridgehead atoms. The van der Waals surface area contributed by atoms with Crippen LogP contribution in [0.3, 0.4) is 0 Å². The topological polar surface area (TPSA) is 64.8 Å². The second-order valence-electron chi connectivity index (χ2n) is 7.38. The fourth-order valence-corrected chi connectivity index (χ4v) is 3.64. The smallest absolute Gasteiger partial charge is 0.246 e. The van der Waals surface area contributed by atoms with Crippen molar-refractivity contribution in [1.29, 1.82) is 0 Å². The van der Waals surface area contributed by atoms with Crippen molar-refractivity contribution in [2.24, 2.45) is 5.73 Å². The van der Waals surface area contributed by atoms with E-state index in [9.17, 15) is 4.79 Å². The van der Waals surface area contributed by atoms with Gasteiger partial charge in [0.25, 0.3) is 0 Å². The van der Waals surface area contributed by atoms with E-state index in [1.54, 1.807) is 6.92 Å². The molecule has 2 N–H and O–H groups in total. The predicted molar refractivity (Wildman–Crippen MR) is 104 cm³/mol. The van der Waals surface area contributed by atoms with Crippen molar-refractivity contribution in [2.75, 3.05) is 26.3 Å². The van der Waals surface area contributed by atoms with Gasteiger partial charge in [-0.15, -0.1) is 12.4 Å². The highest BCUT2D eigenvalue weighted by Crippen LogP contribution is 2.24. The van der Waals surface area contributed by atoms with Crippen LogP contribution in [0.1, 0.15) is 44.6 Å². The lowest BCUT2D eigenvalue weighted by molar-refractivity contribution is -0.140. The number of piperidine rings is 1. The minimum absolute atomic E-state index is 0. The van der Waals surface area contributed by atoms with Crippen LogP contribution in [0.15, 0.2) is 30.3 Å². The fraction of sp³-hybridized carbons (Fsp3) is 0.650. The van der Waals surface area contributed by atoms with E-state index in [2.05, 4.69) is 0 Å². The van der Waals surface area contributed by atoms with E-state index in [1.807, 2.05) is 35.2 Å². The summed E-state index contributed by atoms with van der Waals surface area (Å²) < 4.78 is 11.7. The Morgan fingerprint density at radius 2 is 1.92 bits per heavy atom. The maximum absolute atomic E-state index is 12.9. The molecule has 5 nitrogen and oxygen atoms in total. The maximum Gasteiger partial charge on any atom is 0.246 e. The van der Waals surface area contributed by atoms with E-state index in [4.69, 9.17) is 15.2 Å². The summed E-state index contributed by atoms with van der Waals surface area (Å²) in [6.45, 7) is 4.74. The number of nitrogens with zero attached hydrogens (tertiary/aromatic N) is 1. The number of likely N-dealkylation sites (tertiary alicyclic amines) is 1. The van der Waals surface area contributed by atoms with Crippen LogP contribution in [-0.2, 0) is 19.8 Å². The first-order chi connectivity index (χ1) is 12.1. The number of hydrogen-bond donors (Lipinski definition) is 1. The van der Waals surface area contributed by atoms with Gasteiger partial charge in [-0.25, -0.2) is 0 Å². The predicted octanol–water partition coefficient (Wildman–Crippen LogP) is 2.86. The Hall–Kier alpha value is -1.14. The van der Waals surface area contributed by atoms with Gasteiger partial charge in [-0.2, -0.15) is 0 Å². The van der Waals surface area contributed by atoms with Crippen LogP contribution in [-0.4, -0.2) is 49.3 Å². The first kappa shape index (κ1) is 21.2. The van der Waals surface area contributed by atoms with Gasteiger partial charge in [-0.1, -0.05) is 30.3 Å². The minimum atomic E-state index is -0.981. The number of benzene rings is 1. The lowest BCUT2D eigenvalue weighted by Gasteiger charge is -2.37. The number of hydrogen-bond acceptors (Lipinski definition) is 4. The summed E-state index contributed by atoms with van der Waals surface area (Å²) in [6, 6.07) is 9.60. The Morgan fingerprint density at radius 1 is 1.23 bits per heavy atom. The zero-order chi connectivity index (χ0) is 17.7. The third-order valence-electron chi connectivity index (χ3n) is 5.34. The molecular formula is C20H31ClN2O3. The molecule has 0 aliphatic carbocycles. The monoisotopic (exact) mass is 382 g/mol. The van der Waals surface area contributed by atoms with Gasteiger partial charge in [0, 0.05) is 19.7 Å². The first-order valence-corrected chi connectivity index (χ1v) is 9.44. The van der Waals surface area contributed by atoms with Gasteiger partial charge >= 0.3 is 0 Å². The van der Waals surface area contributed by atoms with E-state index in [1.165, 1.54) is 6.42 Å². The Morgan fingerprint density at radius 3 is 2.54 bits per heavy atom. The molecule has 1 amide bonds. The van der Waals surface area contributed by atoms with Crippen LogP contribution in [0.2, 0.25) is 0 Å². The third-order valence-corrected chi connectivity index (χ3v) is 5.34. The molecule has 2 aliphatic heterocycles. The molecule has 0 saturated carbocycles. The lowest BCUT2D eigenvalue weighted by Crippen LogP contribution is -2.53. The van der Waals surface area contributed by atoms with Crippen molar-refractivity contribution in [3.8, 4) is 0 Å². The normalized spacial score (nSPS) is 23.8. The number of ether oxygens (including phenoxy) is 2. The summed E-state index contributed by atoms with van der Waals surface area (Å²) in [7, 11) is 0. The molecule has 1 aromatic rings. The maximum atomic E-state index is 12.9. The van der Waals surface area contributed by atoms with Gasteiger partial charge in [-0.3, -0.25) is 4.79 Å². The first-order valence-electron chi connectivity index (χ1n) is 9.44. The standard InChI is InChI=1S/C20H30N2O3.ClH/c1-20(21,16-7-3-2-4-8-16)19(23)22-12-10-17(11-13-22)25-15-18-9-5-6-14-24-18;/h2-4,7-8,17-18H,5-6,9-15,21H2,1H3;1H. The average molecular weight is 383 g/mol. The Kier molecular flexibility index (Phi) is 7.89. The lowest BCUT2D eigenvalue weighted by atomic mass is 9.90. The van der Waals surface area contributed by atoms with Crippen LogP contribution >= 0.6 is 12.4 Å². The van der Waals surface area contributed by atoms with Gasteiger partial charge in [0.15, 0.2) is 0 Å². The van der Waals surface area contributed by atoms with Crippen molar-refractivity contribution in [3.05, 3.63) is 35.9 Å². The summed E-state index contributed by atoms with van der Waals surface area (Å²) in [5.74, 6) is -0.00670. The Balaban J connectivity index is 0.00000243. The van der Waals surface area contributed by atoms with Gasteiger partial charge in [0.1, 0.15) is 5.54 Å². The van der Waals surface area contributed by atoms with E-state index in [-0.39, 0.29) is 30.5 Å². The van der Waals surface area contributed by atoms with Crippen molar-refractivity contribution in [1.82, 2.24) is 4.90 Å². The highest BCUT2D eigenvalue weighted by Gasteiger charge is 2.36. The SMILES string of the molecule is CC(N)(C(=O)N1CCC(OCC2CCCCO2)CC1)c1ccccc1.Cl. The molecule has 2 saturated heterocycles. The summed E-state index contributed by atoms with van der Waals surface area (Å²) in [4.78, 5) is 14.8. The second-order valence-corrected chi connectivity index (χ2v) is 7.38. The molecule has 6 heteroatoms. The number of rotatable bonds is 5. The largest absolute Gasteiger partial charge is 0.376 e. The van der Waals surface area contributed by atoms with Gasteiger partial charge < -0.3 is 20.1 Å². The summed E-state index contributed by atoms with van der Waals surface area (Å²) in [5, 5.41) is 0. The molecule has 2 fully saturated rings.